The van der Waals surface area contributed by atoms with Gasteiger partial charge in [0.15, 0.2) is 0 Å². The molecular formula is C15H19F4NO. The third-order valence-electron chi connectivity index (χ3n) is 3.74. The highest BCUT2D eigenvalue weighted by Gasteiger charge is 2.39. The Morgan fingerprint density at radius 2 is 2.00 bits per heavy atom. The monoisotopic (exact) mass is 305 g/mol. The summed E-state index contributed by atoms with van der Waals surface area (Å²) in [4.78, 5) is 0. The lowest BCUT2D eigenvalue weighted by Crippen LogP contribution is -2.33. The van der Waals surface area contributed by atoms with Crippen LogP contribution in [0, 0.1) is 11.7 Å². The van der Waals surface area contributed by atoms with Crippen LogP contribution in [0.25, 0.3) is 0 Å². The molecule has 0 spiro atoms. The van der Waals surface area contributed by atoms with Gasteiger partial charge in [-0.15, -0.1) is 0 Å². The second-order valence-corrected chi connectivity index (χ2v) is 5.26. The lowest BCUT2D eigenvalue weighted by molar-refractivity contribution is -0.140. The van der Waals surface area contributed by atoms with Crippen LogP contribution in [0.4, 0.5) is 17.6 Å². The van der Waals surface area contributed by atoms with Crippen LogP contribution in [0.1, 0.15) is 36.9 Å². The van der Waals surface area contributed by atoms with Crippen molar-refractivity contribution in [1.82, 2.24) is 5.32 Å². The average molecular weight is 305 g/mol. The van der Waals surface area contributed by atoms with Gasteiger partial charge < -0.3 is 10.1 Å². The normalized spacial score (nSPS) is 18.6. The van der Waals surface area contributed by atoms with Crippen LogP contribution in [-0.2, 0) is 10.9 Å². The summed E-state index contributed by atoms with van der Waals surface area (Å²) in [5.74, 6) is -0.901. The summed E-state index contributed by atoms with van der Waals surface area (Å²) in [6.45, 7) is 2.35. The molecule has 2 nitrogen and oxygen atoms in total. The van der Waals surface area contributed by atoms with E-state index in [4.69, 9.17) is 4.74 Å². The number of likely N-dealkylation sites (N-methyl/N-ethyl adjacent to an activating group) is 1. The summed E-state index contributed by atoms with van der Waals surface area (Å²) >= 11 is 0. The molecule has 0 heterocycles. The van der Waals surface area contributed by atoms with E-state index in [1.807, 2.05) is 6.92 Å². The lowest BCUT2D eigenvalue weighted by Gasteiger charge is -2.27. The van der Waals surface area contributed by atoms with Crippen molar-refractivity contribution in [1.29, 1.82) is 0 Å². The summed E-state index contributed by atoms with van der Waals surface area (Å²) in [6.07, 6.45) is -2.86. The van der Waals surface area contributed by atoms with Crippen LogP contribution in [-0.4, -0.2) is 19.8 Å². The molecule has 1 N–H and O–H groups in total. The SMILES string of the molecule is CCOC(C1CC1)C(NC)c1ccc(F)c(C(F)(F)F)c1. The quantitative estimate of drug-likeness (QED) is 0.804. The largest absolute Gasteiger partial charge is 0.419 e. The molecule has 0 aliphatic heterocycles. The highest BCUT2D eigenvalue weighted by Crippen LogP contribution is 2.41. The van der Waals surface area contributed by atoms with E-state index >= 15 is 0 Å². The molecule has 1 saturated carbocycles. The number of rotatable bonds is 6. The van der Waals surface area contributed by atoms with Gasteiger partial charge in [0, 0.05) is 6.61 Å². The van der Waals surface area contributed by atoms with Gasteiger partial charge in [0.05, 0.1) is 17.7 Å². The first-order valence-corrected chi connectivity index (χ1v) is 7.04. The highest BCUT2D eigenvalue weighted by atomic mass is 19.4. The molecule has 1 aliphatic rings. The number of hydrogen-bond acceptors (Lipinski definition) is 2. The van der Waals surface area contributed by atoms with E-state index in [-0.39, 0.29) is 12.1 Å². The minimum atomic E-state index is -4.70. The Kier molecular flexibility index (Phi) is 4.88. The van der Waals surface area contributed by atoms with Gasteiger partial charge in [-0.2, -0.15) is 13.2 Å². The Balaban J connectivity index is 2.33. The predicted molar refractivity (Wildman–Crippen MR) is 71.3 cm³/mol. The van der Waals surface area contributed by atoms with Gasteiger partial charge in [0.1, 0.15) is 5.82 Å². The molecule has 118 valence electrons. The zero-order valence-electron chi connectivity index (χ0n) is 12.0. The predicted octanol–water partition coefficient (Wildman–Crippen LogP) is 3.92. The highest BCUT2D eigenvalue weighted by molar-refractivity contribution is 5.30. The maximum Gasteiger partial charge on any atom is 0.419 e. The lowest BCUT2D eigenvalue weighted by atomic mass is 9.96. The first-order chi connectivity index (χ1) is 9.88. The Morgan fingerprint density at radius 1 is 1.33 bits per heavy atom. The van der Waals surface area contributed by atoms with Crippen molar-refractivity contribution >= 4 is 0 Å². The molecule has 0 radical (unpaired) electrons. The van der Waals surface area contributed by atoms with Gasteiger partial charge in [0.25, 0.3) is 0 Å². The summed E-state index contributed by atoms with van der Waals surface area (Å²) in [7, 11) is 1.68. The van der Waals surface area contributed by atoms with E-state index in [2.05, 4.69) is 5.32 Å². The molecule has 0 saturated heterocycles. The zero-order valence-corrected chi connectivity index (χ0v) is 12.0. The number of benzene rings is 1. The van der Waals surface area contributed by atoms with E-state index in [0.29, 0.717) is 18.1 Å². The molecule has 0 bridgehead atoms. The Morgan fingerprint density at radius 3 is 2.48 bits per heavy atom. The first kappa shape index (κ1) is 16.2. The second kappa shape index (κ2) is 6.32. The van der Waals surface area contributed by atoms with Crippen LogP contribution in [0.3, 0.4) is 0 Å². The molecule has 2 unspecified atom stereocenters. The van der Waals surface area contributed by atoms with Crippen molar-refractivity contribution in [2.75, 3.05) is 13.7 Å². The van der Waals surface area contributed by atoms with E-state index in [9.17, 15) is 17.6 Å². The molecule has 6 heteroatoms. The van der Waals surface area contributed by atoms with Gasteiger partial charge in [-0.3, -0.25) is 0 Å². The Hall–Kier alpha value is -1.14. The van der Waals surface area contributed by atoms with Crippen LogP contribution in [0.15, 0.2) is 18.2 Å². The van der Waals surface area contributed by atoms with Gasteiger partial charge in [-0.1, -0.05) is 6.07 Å². The number of hydrogen-bond donors (Lipinski definition) is 1. The molecule has 0 amide bonds. The minimum Gasteiger partial charge on any atom is -0.376 e. The van der Waals surface area contributed by atoms with Crippen LogP contribution >= 0.6 is 0 Å². The zero-order chi connectivity index (χ0) is 15.6. The fourth-order valence-electron chi connectivity index (χ4n) is 2.60. The second-order valence-electron chi connectivity index (χ2n) is 5.26. The maximum absolute atomic E-state index is 13.4. The Labute approximate surface area is 121 Å². The molecule has 2 atom stereocenters. The van der Waals surface area contributed by atoms with Crippen LogP contribution in [0.5, 0.6) is 0 Å². The number of nitrogens with one attached hydrogen (secondary N) is 1. The fourth-order valence-corrected chi connectivity index (χ4v) is 2.60. The van der Waals surface area contributed by atoms with Crippen molar-refractivity contribution in [2.24, 2.45) is 5.92 Å². The van der Waals surface area contributed by atoms with Crippen LogP contribution < -0.4 is 5.32 Å². The average Bonchev–Trinajstić information content (AvgIpc) is 3.23. The molecule has 1 aromatic carbocycles. The molecule has 2 rings (SSSR count). The smallest absolute Gasteiger partial charge is 0.376 e. The fraction of sp³-hybridized carbons (Fsp3) is 0.600. The van der Waals surface area contributed by atoms with Gasteiger partial charge in [-0.05, 0) is 50.4 Å². The molecule has 21 heavy (non-hydrogen) atoms. The molecule has 1 fully saturated rings. The molecular weight excluding hydrogens is 286 g/mol. The molecule has 1 aliphatic carbocycles. The molecule has 0 aromatic heterocycles. The third-order valence-corrected chi connectivity index (χ3v) is 3.74. The van der Waals surface area contributed by atoms with Gasteiger partial charge >= 0.3 is 6.18 Å². The standard InChI is InChI=1S/C15H19F4NO/c1-3-21-14(9-4-5-9)13(20-2)10-6-7-12(16)11(8-10)15(17,18)19/h6-9,13-14,20H,3-5H2,1-2H3. The van der Waals surface area contributed by atoms with Crippen molar-refractivity contribution < 1.29 is 22.3 Å². The van der Waals surface area contributed by atoms with Gasteiger partial charge in [-0.25, -0.2) is 4.39 Å². The van der Waals surface area contributed by atoms with Gasteiger partial charge in [0.2, 0.25) is 0 Å². The van der Waals surface area contributed by atoms with Crippen molar-refractivity contribution in [3.05, 3.63) is 35.1 Å². The summed E-state index contributed by atoms with van der Waals surface area (Å²) in [5, 5.41) is 3.01. The molecule has 1 aromatic rings. The third kappa shape index (κ3) is 3.74. The maximum atomic E-state index is 13.4. The van der Waals surface area contributed by atoms with E-state index in [1.54, 1.807) is 7.05 Å². The van der Waals surface area contributed by atoms with Crippen molar-refractivity contribution in [3.8, 4) is 0 Å². The topological polar surface area (TPSA) is 21.3 Å². The summed E-state index contributed by atoms with van der Waals surface area (Å²) in [6, 6.07) is 2.77. The summed E-state index contributed by atoms with van der Waals surface area (Å²) < 4.78 is 57.5. The summed E-state index contributed by atoms with van der Waals surface area (Å²) in [5.41, 5.74) is -0.831. The van der Waals surface area contributed by atoms with E-state index in [0.717, 1.165) is 25.0 Å². The number of alkyl halides is 3. The van der Waals surface area contributed by atoms with E-state index < -0.39 is 17.6 Å². The first-order valence-electron chi connectivity index (χ1n) is 7.04. The number of halogens is 4. The van der Waals surface area contributed by atoms with Crippen molar-refractivity contribution in [3.63, 3.8) is 0 Å². The minimum absolute atomic E-state index is 0.188. The number of ether oxygens (including phenoxy) is 1. The van der Waals surface area contributed by atoms with E-state index in [1.165, 1.54) is 6.07 Å². The van der Waals surface area contributed by atoms with Crippen molar-refractivity contribution in [2.45, 2.75) is 38.1 Å². The Bertz CT molecular complexity index is 485. The van der Waals surface area contributed by atoms with Crippen LogP contribution in [0.2, 0.25) is 0 Å².